The fourth-order valence-electron chi connectivity index (χ4n) is 3.33. The molecule has 5 nitrogen and oxygen atoms in total. The lowest BCUT2D eigenvalue weighted by atomic mass is 9.98. The van der Waals surface area contributed by atoms with Gasteiger partial charge in [-0.3, -0.25) is 9.59 Å². The second-order valence-electron chi connectivity index (χ2n) is 7.04. The standard InChI is InChI=1S/C22H22ClNO4/c1-15-5-4-12-24(13-15)20(25)14-28-22(27)19-7-3-2-6-18(19)21(26)16-8-10-17(23)11-9-16/h2-3,6-11,15H,4-5,12-14H2,1H3. The van der Waals surface area contributed by atoms with E-state index in [1.807, 2.05) is 0 Å². The van der Waals surface area contributed by atoms with Crippen molar-refractivity contribution in [2.24, 2.45) is 5.92 Å². The van der Waals surface area contributed by atoms with Gasteiger partial charge in [0.05, 0.1) is 5.56 Å². The van der Waals surface area contributed by atoms with Crippen molar-refractivity contribution >= 4 is 29.3 Å². The normalized spacial score (nSPS) is 16.5. The van der Waals surface area contributed by atoms with E-state index < -0.39 is 5.97 Å². The fraction of sp³-hybridized carbons (Fsp3) is 0.318. The number of ketones is 1. The first-order chi connectivity index (χ1) is 13.5. The smallest absolute Gasteiger partial charge is 0.339 e. The maximum Gasteiger partial charge on any atom is 0.339 e. The van der Waals surface area contributed by atoms with Crippen LogP contribution in [0.4, 0.5) is 0 Å². The van der Waals surface area contributed by atoms with Crippen molar-refractivity contribution in [3.8, 4) is 0 Å². The van der Waals surface area contributed by atoms with E-state index in [9.17, 15) is 14.4 Å². The van der Waals surface area contributed by atoms with E-state index in [4.69, 9.17) is 16.3 Å². The van der Waals surface area contributed by atoms with Crippen molar-refractivity contribution in [3.05, 3.63) is 70.2 Å². The van der Waals surface area contributed by atoms with Gasteiger partial charge in [0.25, 0.3) is 5.91 Å². The summed E-state index contributed by atoms with van der Waals surface area (Å²) in [6.45, 7) is 3.15. The van der Waals surface area contributed by atoms with Gasteiger partial charge >= 0.3 is 5.97 Å². The number of carbonyl (C=O) groups is 3. The van der Waals surface area contributed by atoms with E-state index in [1.165, 1.54) is 6.07 Å². The summed E-state index contributed by atoms with van der Waals surface area (Å²) in [5.41, 5.74) is 0.791. The van der Waals surface area contributed by atoms with Crippen LogP contribution in [0.1, 0.15) is 46.0 Å². The number of benzene rings is 2. The van der Waals surface area contributed by atoms with Crippen molar-refractivity contribution in [1.29, 1.82) is 0 Å². The van der Waals surface area contributed by atoms with Crippen LogP contribution in [0.5, 0.6) is 0 Å². The van der Waals surface area contributed by atoms with Gasteiger partial charge < -0.3 is 9.64 Å². The van der Waals surface area contributed by atoms with E-state index in [-0.39, 0.29) is 29.4 Å². The number of esters is 1. The van der Waals surface area contributed by atoms with Crippen LogP contribution >= 0.6 is 11.6 Å². The molecule has 0 aliphatic carbocycles. The zero-order valence-corrected chi connectivity index (χ0v) is 16.4. The third-order valence-electron chi connectivity index (χ3n) is 4.83. The van der Waals surface area contributed by atoms with Crippen LogP contribution in [0.3, 0.4) is 0 Å². The molecule has 0 radical (unpaired) electrons. The molecule has 1 saturated heterocycles. The van der Waals surface area contributed by atoms with E-state index >= 15 is 0 Å². The number of piperidine rings is 1. The average molecular weight is 400 g/mol. The molecule has 0 N–H and O–H groups in total. The molecular weight excluding hydrogens is 378 g/mol. The predicted molar refractivity (Wildman–Crippen MR) is 107 cm³/mol. The lowest BCUT2D eigenvalue weighted by molar-refractivity contribution is -0.136. The molecule has 1 atom stereocenters. The largest absolute Gasteiger partial charge is 0.452 e. The molecule has 1 unspecified atom stereocenters. The first kappa shape index (κ1) is 20.1. The Labute approximate surface area is 169 Å². The van der Waals surface area contributed by atoms with E-state index in [2.05, 4.69) is 6.92 Å². The Morgan fingerprint density at radius 3 is 2.43 bits per heavy atom. The highest BCUT2D eigenvalue weighted by Crippen LogP contribution is 2.19. The molecule has 0 saturated carbocycles. The average Bonchev–Trinajstić information content (AvgIpc) is 2.71. The summed E-state index contributed by atoms with van der Waals surface area (Å²) in [4.78, 5) is 39.4. The third-order valence-corrected chi connectivity index (χ3v) is 5.09. The van der Waals surface area contributed by atoms with Crippen molar-refractivity contribution in [3.63, 3.8) is 0 Å². The zero-order valence-electron chi connectivity index (χ0n) is 15.7. The van der Waals surface area contributed by atoms with Gasteiger partial charge in [-0.25, -0.2) is 4.79 Å². The molecule has 146 valence electrons. The number of hydrogen-bond donors (Lipinski definition) is 0. The molecule has 3 rings (SSSR count). The number of carbonyl (C=O) groups excluding carboxylic acids is 3. The topological polar surface area (TPSA) is 63.7 Å². The molecule has 0 spiro atoms. The van der Waals surface area contributed by atoms with E-state index in [0.29, 0.717) is 29.6 Å². The number of halogens is 1. The molecule has 2 aromatic rings. The molecular formula is C22H22ClNO4. The van der Waals surface area contributed by atoms with Gasteiger partial charge in [-0.1, -0.05) is 36.7 Å². The first-order valence-corrected chi connectivity index (χ1v) is 9.67. The second kappa shape index (κ2) is 9.02. The first-order valence-electron chi connectivity index (χ1n) is 9.30. The summed E-state index contributed by atoms with van der Waals surface area (Å²) in [5.74, 6) is -0.746. The Balaban J connectivity index is 1.69. The SMILES string of the molecule is CC1CCCN(C(=O)COC(=O)c2ccccc2C(=O)c2ccc(Cl)cc2)C1. The number of ether oxygens (including phenoxy) is 1. The Morgan fingerprint density at radius 2 is 1.75 bits per heavy atom. The molecule has 2 aromatic carbocycles. The van der Waals surface area contributed by atoms with Crippen LogP contribution in [-0.4, -0.2) is 42.3 Å². The molecule has 1 aliphatic heterocycles. The minimum Gasteiger partial charge on any atom is -0.452 e. The lowest BCUT2D eigenvalue weighted by Crippen LogP contribution is -2.41. The van der Waals surface area contributed by atoms with Gasteiger partial charge in [0, 0.05) is 29.2 Å². The molecule has 0 bridgehead atoms. The van der Waals surface area contributed by atoms with Crippen molar-refractivity contribution in [1.82, 2.24) is 4.90 Å². The summed E-state index contributed by atoms with van der Waals surface area (Å²) in [5, 5.41) is 0.523. The van der Waals surface area contributed by atoms with Crippen LogP contribution in [0.25, 0.3) is 0 Å². The number of likely N-dealkylation sites (tertiary alicyclic amines) is 1. The second-order valence-corrected chi connectivity index (χ2v) is 7.48. The summed E-state index contributed by atoms with van der Waals surface area (Å²) in [7, 11) is 0. The summed E-state index contributed by atoms with van der Waals surface area (Å²) < 4.78 is 5.22. The van der Waals surface area contributed by atoms with Crippen molar-refractivity contribution in [2.75, 3.05) is 19.7 Å². The minimum atomic E-state index is -0.684. The Morgan fingerprint density at radius 1 is 1.07 bits per heavy atom. The predicted octanol–water partition coefficient (Wildman–Crippen LogP) is 3.99. The molecule has 1 heterocycles. The number of hydrogen-bond acceptors (Lipinski definition) is 4. The highest BCUT2D eigenvalue weighted by molar-refractivity contribution is 6.30. The molecule has 1 fully saturated rings. The van der Waals surface area contributed by atoms with E-state index in [0.717, 1.165) is 12.8 Å². The Hall–Kier alpha value is -2.66. The maximum atomic E-state index is 12.8. The molecule has 6 heteroatoms. The van der Waals surface area contributed by atoms with Gasteiger partial charge in [-0.2, -0.15) is 0 Å². The number of amides is 1. The van der Waals surface area contributed by atoms with Gasteiger partial charge in [0.15, 0.2) is 12.4 Å². The summed E-state index contributed by atoms with van der Waals surface area (Å²) >= 11 is 5.87. The van der Waals surface area contributed by atoms with Crippen molar-refractivity contribution < 1.29 is 19.1 Å². The van der Waals surface area contributed by atoms with Crippen LogP contribution in [-0.2, 0) is 9.53 Å². The Kier molecular flexibility index (Phi) is 6.47. The van der Waals surface area contributed by atoms with Crippen LogP contribution in [0, 0.1) is 5.92 Å². The van der Waals surface area contributed by atoms with Crippen LogP contribution in [0.2, 0.25) is 5.02 Å². The van der Waals surface area contributed by atoms with Crippen LogP contribution in [0.15, 0.2) is 48.5 Å². The molecule has 28 heavy (non-hydrogen) atoms. The highest BCUT2D eigenvalue weighted by atomic mass is 35.5. The highest BCUT2D eigenvalue weighted by Gasteiger charge is 2.24. The van der Waals surface area contributed by atoms with Gasteiger partial charge in [-0.05, 0) is 49.1 Å². The summed E-state index contributed by atoms with van der Waals surface area (Å²) in [6.07, 6.45) is 2.06. The summed E-state index contributed by atoms with van der Waals surface area (Å²) in [6, 6.07) is 12.9. The molecule has 0 aromatic heterocycles. The van der Waals surface area contributed by atoms with E-state index in [1.54, 1.807) is 47.4 Å². The fourth-order valence-corrected chi connectivity index (χ4v) is 3.45. The zero-order chi connectivity index (χ0) is 20.1. The number of rotatable bonds is 5. The van der Waals surface area contributed by atoms with Crippen LogP contribution < -0.4 is 0 Å². The van der Waals surface area contributed by atoms with Gasteiger partial charge in [-0.15, -0.1) is 0 Å². The number of nitrogens with zero attached hydrogens (tertiary/aromatic N) is 1. The molecule has 1 aliphatic rings. The maximum absolute atomic E-state index is 12.8. The third kappa shape index (κ3) is 4.78. The quantitative estimate of drug-likeness (QED) is 0.563. The Bertz CT molecular complexity index is 878. The monoisotopic (exact) mass is 399 g/mol. The van der Waals surface area contributed by atoms with Gasteiger partial charge in [0.1, 0.15) is 0 Å². The minimum absolute atomic E-state index is 0.141. The van der Waals surface area contributed by atoms with Crippen molar-refractivity contribution in [2.45, 2.75) is 19.8 Å². The lowest BCUT2D eigenvalue weighted by Gasteiger charge is -2.30. The van der Waals surface area contributed by atoms with Gasteiger partial charge in [0.2, 0.25) is 0 Å². The molecule has 1 amide bonds.